The fourth-order valence-corrected chi connectivity index (χ4v) is 1.21. The van der Waals surface area contributed by atoms with Crippen LogP contribution in [0.15, 0.2) is 6.07 Å². The molecular formula is C7H8ClF2N3. The van der Waals surface area contributed by atoms with Gasteiger partial charge in [-0.15, -0.1) is 11.6 Å². The minimum Gasteiger partial charge on any atom is -0.398 e. The van der Waals surface area contributed by atoms with Crippen molar-refractivity contribution in [1.82, 2.24) is 4.98 Å². The number of pyridine rings is 1. The first kappa shape index (κ1) is 9.98. The Kier molecular flexibility index (Phi) is 2.87. The molecule has 0 fully saturated rings. The van der Waals surface area contributed by atoms with E-state index in [1.807, 2.05) is 0 Å². The average Bonchev–Trinajstić information content (AvgIpc) is 2.01. The van der Waals surface area contributed by atoms with Crippen LogP contribution in [0.5, 0.6) is 0 Å². The van der Waals surface area contributed by atoms with E-state index in [1.165, 1.54) is 6.07 Å². The minimum atomic E-state index is -2.68. The van der Waals surface area contributed by atoms with E-state index in [1.54, 1.807) is 0 Å². The van der Waals surface area contributed by atoms with Gasteiger partial charge in [-0.2, -0.15) is 0 Å². The lowest BCUT2D eigenvalue weighted by Crippen LogP contribution is -2.05. The Hall–Kier alpha value is -1.10. The van der Waals surface area contributed by atoms with Crippen molar-refractivity contribution in [3.63, 3.8) is 0 Å². The molecule has 0 radical (unpaired) electrons. The highest BCUT2D eigenvalue weighted by Gasteiger charge is 2.17. The largest absolute Gasteiger partial charge is 0.398 e. The van der Waals surface area contributed by atoms with E-state index in [0.717, 1.165) is 0 Å². The van der Waals surface area contributed by atoms with Gasteiger partial charge in [0.1, 0.15) is 5.82 Å². The van der Waals surface area contributed by atoms with Crippen LogP contribution in [0.4, 0.5) is 20.3 Å². The molecule has 72 valence electrons. The maximum absolute atomic E-state index is 12.4. The number of alkyl halides is 3. The molecule has 0 bridgehead atoms. The molecule has 0 saturated carbocycles. The molecule has 3 nitrogen and oxygen atoms in total. The number of halogens is 3. The number of nitrogens with two attached hydrogens (primary N) is 2. The minimum absolute atomic E-state index is 0.0363. The summed E-state index contributed by atoms with van der Waals surface area (Å²) >= 11 is 5.41. The van der Waals surface area contributed by atoms with Crippen LogP contribution in [0.25, 0.3) is 0 Å². The van der Waals surface area contributed by atoms with Gasteiger partial charge in [-0.3, -0.25) is 0 Å². The smallest absolute Gasteiger partial charge is 0.267 e. The zero-order chi connectivity index (χ0) is 10.0. The number of hydrogen-bond donors (Lipinski definition) is 2. The molecular weight excluding hydrogens is 200 g/mol. The molecule has 0 aliphatic carbocycles. The SMILES string of the molecule is Nc1cc(N)c(C(F)F)c(CCl)n1. The lowest BCUT2D eigenvalue weighted by molar-refractivity contribution is 0.151. The molecule has 1 aromatic rings. The first-order valence-electron chi connectivity index (χ1n) is 3.45. The van der Waals surface area contributed by atoms with Crippen molar-refractivity contribution in [1.29, 1.82) is 0 Å². The van der Waals surface area contributed by atoms with E-state index in [9.17, 15) is 8.78 Å². The number of aromatic nitrogens is 1. The molecule has 6 heteroatoms. The van der Waals surface area contributed by atoms with E-state index in [0.29, 0.717) is 0 Å². The summed E-state index contributed by atoms with van der Waals surface area (Å²) in [6.07, 6.45) is -2.68. The van der Waals surface area contributed by atoms with Gasteiger partial charge in [0, 0.05) is 11.8 Å². The van der Waals surface area contributed by atoms with Gasteiger partial charge >= 0.3 is 0 Å². The second-order valence-electron chi connectivity index (χ2n) is 2.43. The van der Waals surface area contributed by atoms with Gasteiger partial charge in [-0.1, -0.05) is 0 Å². The highest BCUT2D eigenvalue weighted by atomic mass is 35.5. The van der Waals surface area contributed by atoms with Gasteiger partial charge in [0.05, 0.1) is 17.1 Å². The van der Waals surface area contributed by atoms with Crippen molar-refractivity contribution < 1.29 is 8.78 Å². The van der Waals surface area contributed by atoms with Crippen LogP contribution in [0, 0.1) is 0 Å². The van der Waals surface area contributed by atoms with Gasteiger partial charge in [0.15, 0.2) is 0 Å². The van der Waals surface area contributed by atoms with E-state index in [-0.39, 0.29) is 28.6 Å². The quantitative estimate of drug-likeness (QED) is 0.729. The van der Waals surface area contributed by atoms with Gasteiger partial charge < -0.3 is 11.5 Å². The summed E-state index contributed by atoms with van der Waals surface area (Å²) in [5.74, 6) is -0.0351. The summed E-state index contributed by atoms with van der Waals surface area (Å²) in [5, 5.41) is 0. The van der Waals surface area contributed by atoms with Gasteiger partial charge in [0.2, 0.25) is 0 Å². The van der Waals surface area contributed by atoms with E-state index in [4.69, 9.17) is 23.1 Å². The summed E-state index contributed by atoms with van der Waals surface area (Å²) in [5.41, 5.74) is 10.3. The second-order valence-corrected chi connectivity index (χ2v) is 2.70. The van der Waals surface area contributed by atoms with Gasteiger partial charge in [-0.25, -0.2) is 13.8 Å². The first-order valence-corrected chi connectivity index (χ1v) is 3.98. The Morgan fingerprint density at radius 3 is 2.54 bits per heavy atom. The number of hydrogen-bond acceptors (Lipinski definition) is 3. The van der Waals surface area contributed by atoms with E-state index < -0.39 is 6.43 Å². The molecule has 0 atom stereocenters. The van der Waals surface area contributed by atoms with Crippen molar-refractivity contribution in [2.45, 2.75) is 12.3 Å². The molecule has 0 unspecified atom stereocenters. The zero-order valence-corrected chi connectivity index (χ0v) is 7.35. The zero-order valence-electron chi connectivity index (χ0n) is 6.60. The summed E-state index contributed by atoms with van der Waals surface area (Å²) in [7, 11) is 0. The highest BCUT2D eigenvalue weighted by Crippen LogP contribution is 2.29. The van der Waals surface area contributed by atoms with Crippen LogP contribution >= 0.6 is 11.6 Å². The third kappa shape index (κ3) is 1.98. The average molecular weight is 208 g/mol. The predicted molar refractivity (Wildman–Crippen MR) is 47.6 cm³/mol. The van der Waals surface area contributed by atoms with Crippen molar-refractivity contribution in [3.05, 3.63) is 17.3 Å². The molecule has 0 aliphatic heterocycles. The van der Waals surface area contributed by atoms with E-state index in [2.05, 4.69) is 4.98 Å². The molecule has 0 aromatic carbocycles. The lowest BCUT2D eigenvalue weighted by atomic mass is 10.1. The third-order valence-electron chi connectivity index (χ3n) is 1.53. The van der Waals surface area contributed by atoms with Crippen LogP contribution < -0.4 is 11.5 Å². The van der Waals surface area contributed by atoms with Crippen molar-refractivity contribution >= 4 is 23.1 Å². The summed E-state index contributed by atoms with van der Waals surface area (Å²) in [4.78, 5) is 3.66. The standard InChI is InChI=1S/C7H8ClF2N3/c8-2-4-6(7(9)10)3(11)1-5(12)13-4/h1,7H,2H2,(H4,11,12,13). The molecule has 1 rings (SSSR count). The first-order chi connectivity index (χ1) is 6.06. The van der Waals surface area contributed by atoms with Crippen molar-refractivity contribution in [2.24, 2.45) is 0 Å². The molecule has 0 saturated heterocycles. The Labute approximate surface area is 78.7 Å². The van der Waals surface area contributed by atoms with E-state index >= 15 is 0 Å². The lowest BCUT2D eigenvalue weighted by Gasteiger charge is -2.09. The molecule has 13 heavy (non-hydrogen) atoms. The normalized spacial score (nSPS) is 10.8. The summed E-state index contributed by atoms with van der Waals surface area (Å²) < 4.78 is 24.8. The van der Waals surface area contributed by atoms with Crippen LogP contribution in [0.1, 0.15) is 17.7 Å². The maximum atomic E-state index is 12.4. The predicted octanol–water partition coefficient (Wildman–Crippen LogP) is 1.92. The fourth-order valence-electron chi connectivity index (χ4n) is 1.01. The van der Waals surface area contributed by atoms with Crippen molar-refractivity contribution in [2.75, 3.05) is 11.5 Å². The number of nitrogens with zero attached hydrogens (tertiary/aromatic N) is 1. The monoisotopic (exact) mass is 207 g/mol. The summed E-state index contributed by atoms with van der Waals surface area (Å²) in [6, 6.07) is 1.19. The molecule has 0 spiro atoms. The Morgan fingerprint density at radius 2 is 2.08 bits per heavy atom. The number of nitrogen functional groups attached to an aromatic ring is 2. The Morgan fingerprint density at radius 1 is 1.46 bits per heavy atom. The maximum Gasteiger partial charge on any atom is 0.267 e. The summed E-state index contributed by atoms with van der Waals surface area (Å²) in [6.45, 7) is 0. The molecule has 4 N–H and O–H groups in total. The topological polar surface area (TPSA) is 64.9 Å². The fraction of sp³-hybridized carbons (Fsp3) is 0.286. The van der Waals surface area contributed by atoms with Crippen LogP contribution in [0.2, 0.25) is 0 Å². The van der Waals surface area contributed by atoms with Gasteiger partial charge in [-0.05, 0) is 0 Å². The van der Waals surface area contributed by atoms with Crippen LogP contribution in [0.3, 0.4) is 0 Å². The van der Waals surface area contributed by atoms with Crippen molar-refractivity contribution in [3.8, 4) is 0 Å². The van der Waals surface area contributed by atoms with Crippen LogP contribution in [-0.2, 0) is 5.88 Å². The van der Waals surface area contributed by atoms with Crippen LogP contribution in [-0.4, -0.2) is 4.98 Å². The number of anilines is 2. The highest BCUT2D eigenvalue weighted by molar-refractivity contribution is 6.17. The van der Waals surface area contributed by atoms with Gasteiger partial charge in [0.25, 0.3) is 6.43 Å². The second kappa shape index (κ2) is 3.74. The Bertz CT molecular complexity index is 317. The molecule has 0 aliphatic rings. The molecule has 0 amide bonds. The molecule has 1 heterocycles. The Balaban J connectivity index is 3.30. The third-order valence-corrected chi connectivity index (χ3v) is 1.79. The molecule has 1 aromatic heterocycles. The number of rotatable bonds is 2.